The number of urea groups is 1. The van der Waals surface area contributed by atoms with Crippen LogP contribution in [-0.2, 0) is 0 Å². The molecule has 1 heterocycles. The van der Waals surface area contributed by atoms with Crippen molar-refractivity contribution in [1.29, 1.82) is 0 Å². The van der Waals surface area contributed by atoms with Gasteiger partial charge in [0.15, 0.2) is 0 Å². The van der Waals surface area contributed by atoms with E-state index in [0.29, 0.717) is 5.69 Å². The normalized spacial score (nSPS) is 9.90. The van der Waals surface area contributed by atoms with Gasteiger partial charge in [-0.05, 0) is 29.6 Å². The number of aromatic carboxylic acids is 2. The summed E-state index contributed by atoms with van der Waals surface area (Å²) in [5.41, 5.74) is 0.324. The van der Waals surface area contributed by atoms with Gasteiger partial charge < -0.3 is 15.5 Å². The van der Waals surface area contributed by atoms with E-state index in [9.17, 15) is 14.4 Å². The quantitative estimate of drug-likeness (QED) is 0.693. The second-order valence-electron chi connectivity index (χ2n) is 3.93. The van der Waals surface area contributed by atoms with Crippen LogP contribution in [0.3, 0.4) is 0 Å². The van der Waals surface area contributed by atoms with Gasteiger partial charge in [0.05, 0.1) is 11.1 Å². The Labute approximate surface area is 122 Å². The summed E-state index contributed by atoms with van der Waals surface area (Å²) in [6, 6.07) is 6.45. The molecule has 2 aromatic rings. The number of carboxylic acids is 2. The van der Waals surface area contributed by atoms with Crippen molar-refractivity contribution in [2.24, 2.45) is 0 Å². The van der Waals surface area contributed by atoms with Crippen LogP contribution in [0, 0.1) is 0 Å². The first-order valence-corrected chi connectivity index (χ1v) is 6.57. The molecule has 1 aromatic carbocycles. The average molecular weight is 306 g/mol. The first-order valence-electron chi connectivity index (χ1n) is 5.69. The Hall–Kier alpha value is -2.87. The fourth-order valence-corrected chi connectivity index (χ4v) is 2.34. The maximum atomic E-state index is 11.8. The van der Waals surface area contributed by atoms with E-state index in [0.717, 1.165) is 11.3 Å². The Balaban J connectivity index is 2.08. The maximum absolute atomic E-state index is 11.8. The highest BCUT2D eigenvalue weighted by Crippen LogP contribution is 2.23. The standard InChI is InChI=1S/C13H10N2O5S/c16-11(17)7-2-1-3-8(6-7)14-13(20)15-10-9(12(18)19)4-5-21-10/h1-6H,(H,16,17)(H,18,19)(H2,14,15,20). The highest BCUT2D eigenvalue weighted by molar-refractivity contribution is 7.14. The summed E-state index contributed by atoms with van der Waals surface area (Å²) in [4.78, 5) is 33.5. The van der Waals surface area contributed by atoms with Crippen LogP contribution < -0.4 is 10.6 Å². The van der Waals surface area contributed by atoms with Crippen LogP contribution in [-0.4, -0.2) is 28.2 Å². The van der Waals surface area contributed by atoms with Crippen molar-refractivity contribution in [2.75, 3.05) is 10.6 Å². The molecule has 0 bridgehead atoms. The molecule has 2 amide bonds. The summed E-state index contributed by atoms with van der Waals surface area (Å²) in [5, 5.41) is 24.4. The van der Waals surface area contributed by atoms with Crippen LogP contribution in [0.1, 0.15) is 20.7 Å². The summed E-state index contributed by atoms with van der Waals surface area (Å²) >= 11 is 1.08. The minimum atomic E-state index is -1.14. The van der Waals surface area contributed by atoms with Gasteiger partial charge in [-0.2, -0.15) is 0 Å². The number of hydrogen-bond donors (Lipinski definition) is 4. The summed E-state index contributed by atoms with van der Waals surface area (Å²) in [5.74, 6) is -2.25. The molecule has 0 spiro atoms. The van der Waals surface area contributed by atoms with E-state index in [-0.39, 0.29) is 16.1 Å². The Morgan fingerprint density at radius 2 is 1.76 bits per heavy atom. The van der Waals surface area contributed by atoms with E-state index in [1.165, 1.54) is 30.3 Å². The lowest BCUT2D eigenvalue weighted by atomic mass is 10.2. The molecule has 0 unspecified atom stereocenters. The molecule has 0 aliphatic carbocycles. The smallest absolute Gasteiger partial charge is 0.338 e. The van der Waals surface area contributed by atoms with Gasteiger partial charge in [-0.25, -0.2) is 14.4 Å². The molecule has 108 valence electrons. The summed E-state index contributed by atoms with van der Waals surface area (Å²) in [6.45, 7) is 0. The Kier molecular flexibility index (Phi) is 4.19. The first kappa shape index (κ1) is 14.5. The third kappa shape index (κ3) is 3.57. The molecular formula is C13H10N2O5S. The van der Waals surface area contributed by atoms with E-state index in [1.54, 1.807) is 5.38 Å². The van der Waals surface area contributed by atoms with Gasteiger partial charge in [0.2, 0.25) is 0 Å². The van der Waals surface area contributed by atoms with Crippen molar-refractivity contribution in [3.8, 4) is 0 Å². The van der Waals surface area contributed by atoms with E-state index in [1.807, 2.05) is 0 Å². The van der Waals surface area contributed by atoms with Crippen LogP contribution >= 0.6 is 11.3 Å². The predicted octanol–water partition coefficient (Wildman–Crippen LogP) is 2.79. The number of carbonyl (C=O) groups is 3. The van der Waals surface area contributed by atoms with Crippen molar-refractivity contribution >= 4 is 40.0 Å². The van der Waals surface area contributed by atoms with Gasteiger partial charge in [-0.15, -0.1) is 11.3 Å². The van der Waals surface area contributed by atoms with Crippen LogP contribution in [0.15, 0.2) is 35.7 Å². The molecule has 0 fully saturated rings. The monoisotopic (exact) mass is 306 g/mol. The Morgan fingerprint density at radius 3 is 2.43 bits per heavy atom. The number of nitrogens with one attached hydrogen (secondary N) is 2. The number of carbonyl (C=O) groups excluding carboxylic acids is 1. The fourth-order valence-electron chi connectivity index (χ4n) is 1.57. The van der Waals surface area contributed by atoms with Crippen molar-refractivity contribution < 1.29 is 24.6 Å². The molecule has 0 saturated carbocycles. The minimum absolute atomic E-state index is 0.00515. The summed E-state index contributed by atoms with van der Waals surface area (Å²) in [6.07, 6.45) is 0. The zero-order valence-electron chi connectivity index (χ0n) is 10.5. The van der Waals surface area contributed by atoms with Gasteiger partial charge >= 0.3 is 18.0 Å². The van der Waals surface area contributed by atoms with Gasteiger partial charge in [-0.1, -0.05) is 6.07 Å². The summed E-state index contributed by atoms with van der Waals surface area (Å²) in [7, 11) is 0. The lowest BCUT2D eigenvalue weighted by molar-refractivity contribution is 0.0687. The first-order chi connectivity index (χ1) is 9.97. The van der Waals surface area contributed by atoms with Gasteiger partial charge in [-0.3, -0.25) is 5.32 Å². The fraction of sp³-hybridized carbons (Fsp3) is 0. The molecule has 0 saturated heterocycles. The van der Waals surface area contributed by atoms with Crippen LogP contribution in [0.25, 0.3) is 0 Å². The van der Waals surface area contributed by atoms with E-state index in [4.69, 9.17) is 10.2 Å². The highest BCUT2D eigenvalue weighted by Gasteiger charge is 2.14. The van der Waals surface area contributed by atoms with Crippen molar-refractivity contribution in [2.45, 2.75) is 0 Å². The third-order valence-corrected chi connectivity index (χ3v) is 3.32. The molecule has 7 nitrogen and oxygen atoms in total. The molecule has 0 radical (unpaired) electrons. The molecule has 8 heteroatoms. The number of hydrogen-bond acceptors (Lipinski definition) is 4. The number of carboxylic acid groups (broad SMARTS) is 2. The van der Waals surface area contributed by atoms with Crippen LogP contribution in [0.2, 0.25) is 0 Å². The molecule has 0 aliphatic heterocycles. The van der Waals surface area contributed by atoms with Gasteiger partial charge in [0.1, 0.15) is 5.00 Å². The Bertz CT molecular complexity index is 710. The van der Waals surface area contributed by atoms with Crippen molar-refractivity contribution in [1.82, 2.24) is 0 Å². The molecule has 0 atom stereocenters. The SMILES string of the molecule is O=C(Nc1cccc(C(=O)O)c1)Nc1sccc1C(=O)O. The second-order valence-corrected chi connectivity index (χ2v) is 4.85. The van der Waals surface area contributed by atoms with Crippen molar-refractivity contribution in [3.63, 3.8) is 0 Å². The van der Waals surface area contributed by atoms with Crippen molar-refractivity contribution in [3.05, 3.63) is 46.8 Å². The average Bonchev–Trinajstić information content (AvgIpc) is 2.87. The number of rotatable bonds is 4. The molecular weight excluding hydrogens is 296 g/mol. The Morgan fingerprint density at radius 1 is 1.00 bits per heavy atom. The number of anilines is 2. The lowest BCUT2D eigenvalue weighted by Gasteiger charge is -2.07. The zero-order valence-corrected chi connectivity index (χ0v) is 11.3. The largest absolute Gasteiger partial charge is 0.478 e. The molecule has 1 aromatic heterocycles. The minimum Gasteiger partial charge on any atom is -0.478 e. The van der Waals surface area contributed by atoms with Crippen LogP contribution in [0.4, 0.5) is 15.5 Å². The second kappa shape index (κ2) is 6.06. The summed E-state index contributed by atoms with van der Waals surface area (Å²) < 4.78 is 0. The molecule has 0 aliphatic rings. The molecule has 21 heavy (non-hydrogen) atoms. The van der Waals surface area contributed by atoms with E-state index < -0.39 is 18.0 Å². The van der Waals surface area contributed by atoms with E-state index in [2.05, 4.69) is 10.6 Å². The third-order valence-electron chi connectivity index (χ3n) is 2.49. The van der Waals surface area contributed by atoms with Gasteiger partial charge in [0.25, 0.3) is 0 Å². The number of thiophene rings is 1. The predicted molar refractivity (Wildman–Crippen MR) is 77.3 cm³/mol. The highest BCUT2D eigenvalue weighted by atomic mass is 32.1. The topological polar surface area (TPSA) is 116 Å². The zero-order chi connectivity index (χ0) is 15.4. The maximum Gasteiger partial charge on any atom is 0.338 e. The van der Waals surface area contributed by atoms with Gasteiger partial charge in [0, 0.05) is 5.69 Å². The lowest BCUT2D eigenvalue weighted by Crippen LogP contribution is -2.20. The number of benzene rings is 1. The molecule has 4 N–H and O–H groups in total. The number of amides is 2. The van der Waals surface area contributed by atoms with Crippen LogP contribution in [0.5, 0.6) is 0 Å². The molecule has 2 rings (SSSR count). The van der Waals surface area contributed by atoms with E-state index >= 15 is 0 Å².